The van der Waals surface area contributed by atoms with E-state index in [4.69, 9.17) is 16.6 Å². The number of carboxylic acid groups (broad SMARTS) is 1. The average Bonchev–Trinajstić information content (AvgIpc) is 3.57. The Morgan fingerprint density at radius 3 is 1.98 bits per heavy atom. The standard InChI is InChI=1S/C40H36ClN3O3/c41-32-23-24-34(42-39(45)35-22-13-25-44(35)27-28-14-5-1-6-15-28)33(26-32)37(31-20-11-4-12-21-31)43-38(40(46)47)36(29-16-7-2-8-17-29)30-18-9-3-10-19-30/h1-12,14-21,23-24,26,35-36,38H,13,22,25,27H2,(H,42,45)(H,46,47). The molecule has 2 atom stereocenters. The topological polar surface area (TPSA) is 82.0 Å². The lowest BCUT2D eigenvalue weighted by Crippen LogP contribution is -2.39. The monoisotopic (exact) mass is 641 g/mol. The fourth-order valence-corrected chi connectivity index (χ4v) is 6.52. The molecule has 0 bridgehead atoms. The number of halogens is 1. The molecule has 0 radical (unpaired) electrons. The van der Waals surface area contributed by atoms with Gasteiger partial charge in [-0.2, -0.15) is 0 Å². The van der Waals surface area contributed by atoms with Crippen LogP contribution in [-0.4, -0.2) is 46.2 Å². The van der Waals surface area contributed by atoms with Crippen molar-refractivity contribution in [1.29, 1.82) is 0 Å². The highest BCUT2D eigenvalue weighted by molar-refractivity contribution is 6.31. The van der Waals surface area contributed by atoms with Gasteiger partial charge in [-0.05, 0) is 54.3 Å². The number of hydrogen-bond acceptors (Lipinski definition) is 4. The predicted octanol–water partition coefficient (Wildman–Crippen LogP) is 8.07. The van der Waals surface area contributed by atoms with Crippen molar-refractivity contribution in [3.63, 3.8) is 0 Å². The molecule has 0 aliphatic carbocycles. The first-order chi connectivity index (χ1) is 23.0. The van der Waals surface area contributed by atoms with E-state index in [1.807, 2.05) is 109 Å². The van der Waals surface area contributed by atoms with Crippen LogP contribution in [0.4, 0.5) is 5.69 Å². The summed E-state index contributed by atoms with van der Waals surface area (Å²) in [6.07, 6.45) is 1.67. The van der Waals surface area contributed by atoms with Crippen LogP contribution >= 0.6 is 11.6 Å². The van der Waals surface area contributed by atoms with Gasteiger partial charge in [0.15, 0.2) is 6.04 Å². The molecule has 1 saturated heterocycles. The molecular formula is C40H36ClN3O3. The number of anilines is 1. The van der Waals surface area contributed by atoms with Gasteiger partial charge in [-0.3, -0.25) is 14.7 Å². The van der Waals surface area contributed by atoms with E-state index >= 15 is 0 Å². The third-order valence-corrected chi connectivity index (χ3v) is 8.83. The Hall–Kier alpha value is -5.04. The number of likely N-dealkylation sites (tertiary alicyclic amines) is 1. The van der Waals surface area contributed by atoms with E-state index in [1.54, 1.807) is 18.2 Å². The molecule has 1 aliphatic heterocycles. The molecule has 6 rings (SSSR count). The molecule has 47 heavy (non-hydrogen) atoms. The maximum absolute atomic E-state index is 13.9. The Morgan fingerprint density at radius 1 is 0.809 bits per heavy atom. The summed E-state index contributed by atoms with van der Waals surface area (Å²) < 4.78 is 0. The number of aliphatic imine (C=N–C) groups is 1. The molecule has 2 N–H and O–H groups in total. The van der Waals surface area contributed by atoms with Crippen LogP contribution in [0.1, 0.15) is 46.6 Å². The number of carboxylic acids is 1. The summed E-state index contributed by atoms with van der Waals surface area (Å²) in [5.41, 5.74) is 5.04. The van der Waals surface area contributed by atoms with Crippen LogP contribution in [-0.2, 0) is 16.1 Å². The Bertz CT molecular complexity index is 1790. The first kappa shape index (κ1) is 31.9. The maximum Gasteiger partial charge on any atom is 0.329 e. The molecule has 5 aromatic carbocycles. The first-order valence-corrected chi connectivity index (χ1v) is 16.2. The van der Waals surface area contributed by atoms with Crippen LogP contribution in [0, 0.1) is 0 Å². The van der Waals surface area contributed by atoms with Crippen LogP contribution in [0.5, 0.6) is 0 Å². The Labute approximate surface area is 280 Å². The molecule has 0 saturated carbocycles. The molecule has 1 aliphatic rings. The lowest BCUT2D eigenvalue weighted by Gasteiger charge is -2.25. The number of rotatable bonds is 11. The number of carbonyl (C=O) groups excluding carboxylic acids is 1. The SMILES string of the molecule is O=C(O)C(N=C(c1ccccc1)c1cc(Cl)ccc1NC(=O)C1CCCN1Cc1ccccc1)C(c1ccccc1)c1ccccc1. The largest absolute Gasteiger partial charge is 0.480 e. The molecule has 0 spiro atoms. The van der Waals surface area contributed by atoms with Crippen molar-refractivity contribution in [3.05, 3.63) is 172 Å². The van der Waals surface area contributed by atoms with E-state index in [0.717, 1.165) is 36.1 Å². The molecule has 6 nitrogen and oxygen atoms in total. The smallest absolute Gasteiger partial charge is 0.329 e. The first-order valence-electron chi connectivity index (χ1n) is 15.8. The van der Waals surface area contributed by atoms with E-state index in [-0.39, 0.29) is 11.9 Å². The van der Waals surface area contributed by atoms with Crippen molar-refractivity contribution in [2.75, 3.05) is 11.9 Å². The van der Waals surface area contributed by atoms with Crippen LogP contribution in [0.15, 0.2) is 145 Å². The molecule has 1 amide bonds. The van der Waals surface area contributed by atoms with Gasteiger partial charge in [0.2, 0.25) is 5.91 Å². The fourth-order valence-electron chi connectivity index (χ4n) is 6.35. The Kier molecular flexibility index (Phi) is 10.2. The number of benzene rings is 5. The van der Waals surface area contributed by atoms with E-state index in [0.29, 0.717) is 34.1 Å². The zero-order valence-electron chi connectivity index (χ0n) is 25.9. The number of nitrogens with one attached hydrogen (secondary N) is 1. The Balaban J connectivity index is 1.42. The summed E-state index contributed by atoms with van der Waals surface area (Å²) in [7, 11) is 0. The normalized spacial score (nSPS) is 15.8. The van der Waals surface area contributed by atoms with Gasteiger partial charge in [-0.1, -0.05) is 133 Å². The molecule has 1 heterocycles. The third-order valence-electron chi connectivity index (χ3n) is 8.59. The lowest BCUT2D eigenvalue weighted by atomic mass is 9.85. The van der Waals surface area contributed by atoms with Gasteiger partial charge >= 0.3 is 5.97 Å². The predicted molar refractivity (Wildman–Crippen MR) is 188 cm³/mol. The highest BCUT2D eigenvalue weighted by Crippen LogP contribution is 2.33. The van der Waals surface area contributed by atoms with Gasteiger partial charge in [0.05, 0.1) is 17.4 Å². The van der Waals surface area contributed by atoms with Gasteiger partial charge < -0.3 is 10.4 Å². The van der Waals surface area contributed by atoms with Crippen LogP contribution in [0.2, 0.25) is 5.02 Å². The zero-order valence-corrected chi connectivity index (χ0v) is 26.6. The summed E-state index contributed by atoms with van der Waals surface area (Å²) in [5, 5.41) is 14.4. The van der Waals surface area contributed by atoms with Crippen LogP contribution in [0.3, 0.4) is 0 Å². The third kappa shape index (κ3) is 7.68. The van der Waals surface area contributed by atoms with Gasteiger partial charge in [0, 0.05) is 28.6 Å². The van der Waals surface area contributed by atoms with Gasteiger partial charge in [0.25, 0.3) is 0 Å². The fraction of sp³-hybridized carbons (Fsp3) is 0.175. The minimum Gasteiger partial charge on any atom is -0.480 e. The van der Waals surface area contributed by atoms with Gasteiger partial charge in [0.1, 0.15) is 0 Å². The van der Waals surface area contributed by atoms with Gasteiger partial charge in [-0.25, -0.2) is 4.79 Å². The molecule has 5 aromatic rings. The van der Waals surface area contributed by atoms with Crippen molar-refractivity contribution in [2.45, 2.75) is 37.4 Å². The highest BCUT2D eigenvalue weighted by Gasteiger charge is 2.33. The van der Waals surface area contributed by atoms with Crippen molar-refractivity contribution >= 4 is 34.9 Å². The zero-order chi connectivity index (χ0) is 32.6. The number of aliphatic carboxylic acids is 1. The summed E-state index contributed by atoms with van der Waals surface area (Å²) >= 11 is 6.59. The second kappa shape index (κ2) is 15.0. The van der Waals surface area contributed by atoms with E-state index < -0.39 is 17.9 Å². The van der Waals surface area contributed by atoms with E-state index in [2.05, 4.69) is 22.3 Å². The second-order valence-electron chi connectivity index (χ2n) is 11.7. The second-order valence-corrected chi connectivity index (χ2v) is 12.2. The van der Waals surface area contributed by atoms with Crippen molar-refractivity contribution < 1.29 is 14.7 Å². The maximum atomic E-state index is 13.9. The molecule has 2 unspecified atom stereocenters. The lowest BCUT2D eigenvalue weighted by molar-refractivity contribution is -0.138. The minimum absolute atomic E-state index is 0.115. The summed E-state index contributed by atoms with van der Waals surface area (Å²) in [6.45, 7) is 1.52. The van der Waals surface area contributed by atoms with Crippen molar-refractivity contribution in [1.82, 2.24) is 4.90 Å². The number of hydrogen-bond donors (Lipinski definition) is 2. The molecule has 0 aromatic heterocycles. The summed E-state index contributed by atoms with van der Waals surface area (Å²) in [6, 6.07) is 42.5. The number of amides is 1. The molecule has 7 heteroatoms. The van der Waals surface area contributed by atoms with Crippen molar-refractivity contribution in [3.8, 4) is 0 Å². The van der Waals surface area contributed by atoms with E-state index in [9.17, 15) is 14.7 Å². The quantitative estimate of drug-likeness (QED) is 0.143. The molecular weight excluding hydrogens is 606 g/mol. The Morgan fingerprint density at radius 2 is 1.38 bits per heavy atom. The van der Waals surface area contributed by atoms with Crippen molar-refractivity contribution in [2.24, 2.45) is 4.99 Å². The average molecular weight is 642 g/mol. The van der Waals surface area contributed by atoms with E-state index in [1.165, 1.54) is 0 Å². The number of nitrogens with zero attached hydrogens (tertiary/aromatic N) is 2. The van der Waals surface area contributed by atoms with Crippen LogP contribution < -0.4 is 5.32 Å². The highest BCUT2D eigenvalue weighted by atomic mass is 35.5. The minimum atomic E-state index is -1.19. The molecule has 1 fully saturated rings. The number of carbonyl (C=O) groups is 2. The molecule has 236 valence electrons. The van der Waals surface area contributed by atoms with Crippen LogP contribution in [0.25, 0.3) is 0 Å². The summed E-state index contributed by atoms with van der Waals surface area (Å²) in [5.74, 6) is -1.75. The van der Waals surface area contributed by atoms with Gasteiger partial charge in [-0.15, -0.1) is 0 Å². The summed E-state index contributed by atoms with van der Waals surface area (Å²) in [4.78, 5) is 34.3.